The van der Waals surface area contributed by atoms with Crippen LogP contribution in [0.5, 0.6) is 0 Å². The third-order valence-corrected chi connectivity index (χ3v) is 6.23. The molecule has 1 aromatic rings. The lowest BCUT2D eigenvalue weighted by Crippen LogP contribution is -2.55. The summed E-state index contributed by atoms with van der Waals surface area (Å²) in [6.07, 6.45) is 6.90. The van der Waals surface area contributed by atoms with E-state index in [1.165, 1.54) is 37.0 Å². The second-order valence-corrected chi connectivity index (χ2v) is 7.96. The van der Waals surface area contributed by atoms with E-state index < -0.39 is 0 Å². The van der Waals surface area contributed by atoms with Gasteiger partial charge in [0.25, 0.3) is 0 Å². The van der Waals surface area contributed by atoms with E-state index in [1.807, 2.05) is 11.3 Å². The van der Waals surface area contributed by atoms with E-state index in [4.69, 9.17) is 0 Å². The van der Waals surface area contributed by atoms with Crippen LogP contribution >= 0.6 is 11.3 Å². The molecule has 1 N–H and O–H groups in total. The maximum Gasteiger partial charge on any atom is 0.0440 e. The molecule has 3 atom stereocenters. The van der Waals surface area contributed by atoms with E-state index in [1.54, 1.807) is 0 Å². The lowest BCUT2D eigenvalue weighted by molar-refractivity contribution is 0.0442. The highest BCUT2D eigenvalue weighted by Gasteiger charge is 2.36. The number of fused-ring (bicyclic) bond motifs is 2. The summed E-state index contributed by atoms with van der Waals surface area (Å²) in [5.41, 5.74) is 0. The molecule has 0 saturated carbocycles. The number of hydrogen-bond donors (Lipinski definition) is 1. The molecule has 3 heteroatoms. The minimum atomic E-state index is 0.532. The third-order valence-electron chi connectivity index (χ3n) is 5.27. The summed E-state index contributed by atoms with van der Waals surface area (Å²) < 4.78 is 0. The Hall–Kier alpha value is -0.380. The Kier molecular flexibility index (Phi) is 4.49. The van der Waals surface area contributed by atoms with Gasteiger partial charge >= 0.3 is 0 Å². The average Bonchev–Trinajstić information content (AvgIpc) is 2.89. The number of hydrogen-bond acceptors (Lipinski definition) is 3. The van der Waals surface area contributed by atoms with Gasteiger partial charge < -0.3 is 10.2 Å². The predicted octanol–water partition coefficient (Wildman–Crippen LogP) is 4.05. The number of piperidine rings is 2. The van der Waals surface area contributed by atoms with Crippen LogP contribution in [0, 0.1) is 5.92 Å². The first-order valence-electron chi connectivity index (χ1n) is 8.16. The second-order valence-electron chi connectivity index (χ2n) is 6.98. The predicted molar refractivity (Wildman–Crippen MR) is 87.2 cm³/mol. The molecule has 2 aliphatic rings. The van der Waals surface area contributed by atoms with Crippen molar-refractivity contribution < 1.29 is 0 Å². The molecule has 112 valence electrons. The monoisotopic (exact) mass is 292 g/mol. The van der Waals surface area contributed by atoms with Gasteiger partial charge in [-0.2, -0.15) is 0 Å². The summed E-state index contributed by atoms with van der Waals surface area (Å²) in [5, 5.41) is 6.19. The van der Waals surface area contributed by atoms with Crippen LogP contribution in [0.25, 0.3) is 0 Å². The highest BCUT2D eigenvalue weighted by atomic mass is 32.1. The zero-order chi connectivity index (χ0) is 14.1. The molecule has 2 saturated heterocycles. The molecule has 2 fully saturated rings. The minimum absolute atomic E-state index is 0.532. The van der Waals surface area contributed by atoms with Crippen LogP contribution in [-0.4, -0.2) is 30.1 Å². The van der Waals surface area contributed by atoms with Crippen molar-refractivity contribution in [1.82, 2.24) is 10.2 Å². The van der Waals surface area contributed by atoms with Gasteiger partial charge in [0.2, 0.25) is 0 Å². The first kappa shape index (κ1) is 14.6. The van der Waals surface area contributed by atoms with Gasteiger partial charge in [0.05, 0.1) is 0 Å². The molecule has 0 spiro atoms. The number of thiophene rings is 1. The fourth-order valence-corrected chi connectivity index (χ4v) is 5.04. The summed E-state index contributed by atoms with van der Waals surface area (Å²) >= 11 is 1.90. The summed E-state index contributed by atoms with van der Waals surface area (Å²) in [7, 11) is 2.34. The van der Waals surface area contributed by atoms with Gasteiger partial charge in [0.1, 0.15) is 0 Å². The van der Waals surface area contributed by atoms with Gasteiger partial charge in [-0.3, -0.25) is 0 Å². The average molecular weight is 292 g/mol. The van der Waals surface area contributed by atoms with E-state index >= 15 is 0 Å². The molecule has 1 aromatic heterocycles. The van der Waals surface area contributed by atoms with Crippen LogP contribution in [0.1, 0.15) is 56.9 Å². The minimum Gasteiger partial charge on any atom is -0.306 e. The van der Waals surface area contributed by atoms with Crippen molar-refractivity contribution in [3.63, 3.8) is 0 Å². The first-order chi connectivity index (χ1) is 9.65. The smallest absolute Gasteiger partial charge is 0.0440 e. The van der Waals surface area contributed by atoms with E-state index in [0.29, 0.717) is 18.0 Å². The molecule has 0 aromatic carbocycles. The summed E-state index contributed by atoms with van der Waals surface area (Å²) in [5.74, 6) is 0.660. The fourth-order valence-electron chi connectivity index (χ4n) is 4.08. The molecular weight excluding hydrogens is 264 g/mol. The molecule has 0 radical (unpaired) electrons. The Morgan fingerprint density at radius 1 is 1.25 bits per heavy atom. The molecule has 20 heavy (non-hydrogen) atoms. The molecule has 3 rings (SSSR count). The topological polar surface area (TPSA) is 15.3 Å². The van der Waals surface area contributed by atoms with Crippen LogP contribution in [0.15, 0.2) is 17.5 Å². The van der Waals surface area contributed by atoms with E-state index in [0.717, 1.165) is 12.1 Å². The maximum atomic E-state index is 3.99. The molecule has 2 bridgehead atoms. The zero-order valence-electron chi connectivity index (χ0n) is 13.0. The van der Waals surface area contributed by atoms with Crippen molar-refractivity contribution in [3.8, 4) is 0 Å². The normalized spacial score (nSPS) is 32.5. The molecule has 3 heterocycles. The Balaban J connectivity index is 1.67. The number of nitrogens with one attached hydrogen (secondary N) is 1. The first-order valence-corrected chi connectivity index (χ1v) is 9.04. The SMILES string of the molecule is CC(C)C(NC1CC2CCCC(C1)N2C)c1cccs1. The van der Waals surface area contributed by atoms with Gasteiger partial charge in [0.15, 0.2) is 0 Å². The third kappa shape index (κ3) is 2.95. The van der Waals surface area contributed by atoms with Gasteiger partial charge in [-0.15, -0.1) is 11.3 Å². The van der Waals surface area contributed by atoms with Crippen molar-refractivity contribution >= 4 is 11.3 Å². The van der Waals surface area contributed by atoms with Crippen molar-refractivity contribution in [2.24, 2.45) is 5.92 Å². The highest BCUT2D eigenvalue weighted by Crippen LogP contribution is 2.35. The standard InChI is InChI=1S/C17H28N2S/c1-12(2)17(16-8-5-9-20-16)18-13-10-14-6-4-7-15(11-13)19(14)3/h5,8-9,12-15,17-18H,4,6-7,10-11H2,1-3H3. The van der Waals surface area contributed by atoms with Gasteiger partial charge in [0, 0.05) is 29.0 Å². The van der Waals surface area contributed by atoms with Gasteiger partial charge in [-0.05, 0) is 50.1 Å². The van der Waals surface area contributed by atoms with Crippen LogP contribution < -0.4 is 5.32 Å². The number of nitrogens with zero attached hydrogens (tertiary/aromatic N) is 1. The Bertz CT molecular complexity index is 401. The molecular formula is C17H28N2S. The maximum absolute atomic E-state index is 3.99. The van der Waals surface area contributed by atoms with Crippen LogP contribution in [0.2, 0.25) is 0 Å². The molecule has 0 amide bonds. The molecule has 2 aliphatic heterocycles. The summed E-state index contributed by atoms with van der Waals surface area (Å²) in [4.78, 5) is 4.15. The van der Waals surface area contributed by atoms with Gasteiger partial charge in [-0.1, -0.05) is 26.3 Å². The van der Waals surface area contributed by atoms with Crippen molar-refractivity contribution in [1.29, 1.82) is 0 Å². The molecule has 2 nitrogen and oxygen atoms in total. The van der Waals surface area contributed by atoms with E-state index in [2.05, 4.69) is 48.6 Å². The molecule has 3 unspecified atom stereocenters. The fraction of sp³-hybridized carbons (Fsp3) is 0.765. The van der Waals surface area contributed by atoms with Crippen molar-refractivity contribution in [2.45, 2.75) is 70.1 Å². The van der Waals surface area contributed by atoms with Crippen LogP contribution in [0.4, 0.5) is 0 Å². The Labute approximate surface area is 127 Å². The summed E-state index contributed by atoms with van der Waals surface area (Å²) in [6, 6.07) is 7.34. The highest BCUT2D eigenvalue weighted by molar-refractivity contribution is 7.10. The summed E-state index contributed by atoms with van der Waals surface area (Å²) in [6.45, 7) is 4.68. The zero-order valence-corrected chi connectivity index (χ0v) is 13.8. The lowest BCUT2D eigenvalue weighted by atomic mass is 9.81. The van der Waals surface area contributed by atoms with Crippen molar-refractivity contribution in [2.75, 3.05) is 7.05 Å². The Morgan fingerprint density at radius 2 is 1.95 bits per heavy atom. The Morgan fingerprint density at radius 3 is 2.50 bits per heavy atom. The number of rotatable bonds is 4. The van der Waals surface area contributed by atoms with Crippen molar-refractivity contribution in [3.05, 3.63) is 22.4 Å². The second kappa shape index (κ2) is 6.17. The van der Waals surface area contributed by atoms with Crippen LogP contribution in [-0.2, 0) is 0 Å². The van der Waals surface area contributed by atoms with Crippen LogP contribution in [0.3, 0.4) is 0 Å². The largest absolute Gasteiger partial charge is 0.306 e. The quantitative estimate of drug-likeness (QED) is 0.900. The van der Waals surface area contributed by atoms with E-state index in [9.17, 15) is 0 Å². The van der Waals surface area contributed by atoms with E-state index in [-0.39, 0.29) is 0 Å². The lowest BCUT2D eigenvalue weighted by Gasteiger charge is -2.48. The molecule has 0 aliphatic carbocycles. The van der Waals surface area contributed by atoms with Gasteiger partial charge in [-0.25, -0.2) is 0 Å².